The Balaban J connectivity index is 1.97. The maximum absolute atomic E-state index is 11.6. The Morgan fingerprint density at radius 2 is 2.15 bits per heavy atom. The summed E-state index contributed by atoms with van der Waals surface area (Å²) in [6.07, 6.45) is 8.67. The maximum atomic E-state index is 11.6. The van der Waals surface area contributed by atoms with Gasteiger partial charge >= 0.3 is 5.97 Å². The van der Waals surface area contributed by atoms with Gasteiger partial charge in [-0.25, -0.2) is 14.8 Å². The van der Waals surface area contributed by atoms with Crippen LogP contribution in [0.5, 0.6) is 0 Å². The molecule has 1 aliphatic rings. The van der Waals surface area contributed by atoms with E-state index in [2.05, 4.69) is 14.5 Å². The molecule has 0 atom stereocenters. The van der Waals surface area contributed by atoms with Crippen molar-refractivity contribution in [2.45, 2.75) is 31.7 Å². The molecule has 2 aromatic heterocycles. The van der Waals surface area contributed by atoms with E-state index >= 15 is 0 Å². The van der Waals surface area contributed by atoms with Gasteiger partial charge < -0.3 is 9.30 Å². The number of hydrogen-bond acceptors (Lipinski definition) is 4. The number of aromatic nitrogens is 3. The number of rotatable bonds is 3. The first kappa shape index (κ1) is 12.8. The minimum Gasteiger partial charge on any atom is -0.464 e. The fraction of sp³-hybridized carbons (Fsp3) is 0.400. The quantitative estimate of drug-likeness (QED) is 0.805. The first-order chi connectivity index (χ1) is 9.79. The van der Waals surface area contributed by atoms with Crippen LogP contribution in [0.15, 0.2) is 30.6 Å². The molecule has 5 nitrogen and oxygen atoms in total. The summed E-state index contributed by atoms with van der Waals surface area (Å²) in [7, 11) is 1.36. The molecule has 1 fully saturated rings. The highest BCUT2D eigenvalue weighted by atomic mass is 16.5. The number of methoxy groups -OCH3 is 1. The van der Waals surface area contributed by atoms with Gasteiger partial charge in [-0.05, 0) is 25.0 Å². The molecular weight excluding hydrogens is 254 g/mol. The van der Waals surface area contributed by atoms with Crippen LogP contribution in [-0.4, -0.2) is 27.6 Å². The van der Waals surface area contributed by atoms with Crippen molar-refractivity contribution >= 4 is 5.97 Å². The van der Waals surface area contributed by atoms with Gasteiger partial charge in [-0.1, -0.05) is 18.9 Å². The number of carbonyl (C=O) groups excluding carboxylic acids is 1. The highest BCUT2D eigenvalue weighted by Gasteiger charge is 2.20. The summed E-state index contributed by atoms with van der Waals surface area (Å²) in [4.78, 5) is 20.3. The molecule has 20 heavy (non-hydrogen) atoms. The van der Waals surface area contributed by atoms with Crippen LogP contribution >= 0.6 is 0 Å². The average Bonchev–Trinajstić information content (AvgIpc) is 3.16. The molecule has 2 heterocycles. The number of hydrogen-bond donors (Lipinski definition) is 0. The predicted molar refractivity (Wildman–Crippen MR) is 74.3 cm³/mol. The summed E-state index contributed by atoms with van der Waals surface area (Å²) in [6.45, 7) is 0. The predicted octanol–water partition coefficient (Wildman–Crippen LogP) is 2.85. The van der Waals surface area contributed by atoms with Gasteiger partial charge in [-0.2, -0.15) is 0 Å². The number of esters is 1. The van der Waals surface area contributed by atoms with Crippen LogP contribution in [0, 0.1) is 0 Å². The summed E-state index contributed by atoms with van der Waals surface area (Å²) in [6, 6.07) is 5.83. The van der Waals surface area contributed by atoms with E-state index in [1.54, 1.807) is 12.3 Å². The molecule has 5 heteroatoms. The lowest BCUT2D eigenvalue weighted by molar-refractivity contribution is 0.0594. The van der Waals surface area contributed by atoms with Gasteiger partial charge in [0.05, 0.1) is 7.11 Å². The van der Waals surface area contributed by atoms with Crippen LogP contribution in [0.25, 0.3) is 11.5 Å². The number of ether oxygens (including phenoxy) is 1. The fourth-order valence-electron chi connectivity index (χ4n) is 2.77. The van der Waals surface area contributed by atoms with E-state index in [0.29, 0.717) is 17.4 Å². The Kier molecular flexibility index (Phi) is 3.50. The molecule has 0 N–H and O–H groups in total. The van der Waals surface area contributed by atoms with Gasteiger partial charge in [0.1, 0.15) is 11.4 Å². The summed E-state index contributed by atoms with van der Waals surface area (Å²) in [5.41, 5.74) is 1.02. The topological polar surface area (TPSA) is 57.0 Å². The molecule has 104 valence electrons. The largest absolute Gasteiger partial charge is 0.464 e. The molecule has 0 spiro atoms. The van der Waals surface area contributed by atoms with Gasteiger partial charge in [-0.15, -0.1) is 0 Å². The van der Waals surface area contributed by atoms with Crippen molar-refractivity contribution in [3.05, 3.63) is 36.3 Å². The second kappa shape index (κ2) is 5.45. The SMILES string of the molecule is COC(=O)c1cccc(-c2nccn2C2CCCC2)n1. The Morgan fingerprint density at radius 3 is 2.90 bits per heavy atom. The van der Waals surface area contributed by atoms with Crippen LogP contribution in [0.2, 0.25) is 0 Å². The van der Waals surface area contributed by atoms with Gasteiger partial charge in [-0.3, -0.25) is 0 Å². The average molecular weight is 271 g/mol. The van der Waals surface area contributed by atoms with E-state index in [9.17, 15) is 4.79 Å². The van der Waals surface area contributed by atoms with E-state index in [0.717, 1.165) is 5.82 Å². The summed E-state index contributed by atoms with van der Waals surface area (Å²) < 4.78 is 6.89. The molecule has 0 amide bonds. The summed E-state index contributed by atoms with van der Waals surface area (Å²) >= 11 is 0. The van der Waals surface area contributed by atoms with E-state index in [1.165, 1.54) is 32.8 Å². The molecule has 0 bridgehead atoms. The number of imidazole rings is 1. The first-order valence-electron chi connectivity index (χ1n) is 6.88. The first-order valence-corrected chi connectivity index (χ1v) is 6.88. The molecule has 1 aliphatic carbocycles. The highest BCUT2D eigenvalue weighted by Crippen LogP contribution is 2.32. The van der Waals surface area contributed by atoms with E-state index in [1.807, 2.05) is 18.3 Å². The zero-order chi connectivity index (χ0) is 13.9. The van der Waals surface area contributed by atoms with Gasteiger partial charge in [0.2, 0.25) is 0 Å². The minimum atomic E-state index is -0.425. The third kappa shape index (κ3) is 2.31. The molecule has 0 saturated heterocycles. The third-order valence-electron chi connectivity index (χ3n) is 3.76. The highest BCUT2D eigenvalue weighted by molar-refractivity contribution is 5.87. The van der Waals surface area contributed by atoms with Gasteiger partial charge in [0.15, 0.2) is 5.82 Å². The molecule has 0 aliphatic heterocycles. The molecule has 3 rings (SSSR count). The van der Waals surface area contributed by atoms with Crippen LogP contribution in [0.1, 0.15) is 42.2 Å². The Labute approximate surface area is 117 Å². The molecule has 2 aromatic rings. The standard InChI is InChI=1S/C15H17N3O2/c1-20-15(19)13-8-4-7-12(17-13)14-16-9-10-18(14)11-5-2-3-6-11/h4,7-11H,2-3,5-6H2,1H3. The molecule has 0 radical (unpaired) electrons. The van der Waals surface area contributed by atoms with Crippen molar-refractivity contribution in [3.8, 4) is 11.5 Å². The van der Waals surface area contributed by atoms with Crippen LogP contribution in [0.3, 0.4) is 0 Å². The Morgan fingerprint density at radius 1 is 1.35 bits per heavy atom. The van der Waals surface area contributed by atoms with E-state index in [4.69, 9.17) is 4.74 Å². The van der Waals surface area contributed by atoms with Crippen molar-refractivity contribution < 1.29 is 9.53 Å². The van der Waals surface area contributed by atoms with Crippen molar-refractivity contribution in [2.75, 3.05) is 7.11 Å². The zero-order valence-electron chi connectivity index (χ0n) is 11.5. The smallest absolute Gasteiger partial charge is 0.356 e. The normalized spacial score (nSPS) is 15.4. The second-order valence-corrected chi connectivity index (χ2v) is 5.00. The van der Waals surface area contributed by atoms with Crippen molar-refractivity contribution in [2.24, 2.45) is 0 Å². The van der Waals surface area contributed by atoms with Crippen LogP contribution < -0.4 is 0 Å². The Hall–Kier alpha value is -2.17. The Bertz CT molecular complexity index is 615. The van der Waals surface area contributed by atoms with Crippen LogP contribution in [-0.2, 0) is 4.74 Å². The lowest BCUT2D eigenvalue weighted by Crippen LogP contribution is -2.08. The van der Waals surface area contributed by atoms with Crippen molar-refractivity contribution in [1.82, 2.24) is 14.5 Å². The maximum Gasteiger partial charge on any atom is 0.356 e. The van der Waals surface area contributed by atoms with E-state index < -0.39 is 5.97 Å². The molecular formula is C15H17N3O2. The molecule has 0 aromatic carbocycles. The number of carbonyl (C=O) groups is 1. The summed E-state index contributed by atoms with van der Waals surface area (Å²) in [5.74, 6) is 0.397. The fourth-order valence-corrected chi connectivity index (χ4v) is 2.77. The minimum absolute atomic E-state index is 0.311. The van der Waals surface area contributed by atoms with Crippen molar-refractivity contribution in [1.29, 1.82) is 0 Å². The van der Waals surface area contributed by atoms with Gasteiger partial charge in [0, 0.05) is 18.4 Å². The second-order valence-electron chi connectivity index (χ2n) is 5.00. The van der Waals surface area contributed by atoms with Gasteiger partial charge in [0.25, 0.3) is 0 Å². The number of pyridine rings is 1. The third-order valence-corrected chi connectivity index (χ3v) is 3.76. The molecule has 1 saturated carbocycles. The van der Waals surface area contributed by atoms with Crippen molar-refractivity contribution in [3.63, 3.8) is 0 Å². The van der Waals surface area contributed by atoms with E-state index in [-0.39, 0.29) is 0 Å². The zero-order valence-corrected chi connectivity index (χ0v) is 11.5. The molecule has 0 unspecified atom stereocenters. The lowest BCUT2D eigenvalue weighted by Gasteiger charge is -2.14. The lowest BCUT2D eigenvalue weighted by atomic mass is 10.2. The van der Waals surface area contributed by atoms with Crippen LogP contribution in [0.4, 0.5) is 0 Å². The monoisotopic (exact) mass is 271 g/mol. The summed E-state index contributed by atoms with van der Waals surface area (Å²) in [5, 5.41) is 0. The number of nitrogens with zero attached hydrogens (tertiary/aromatic N) is 3.